The number of nitrogens with one attached hydrogen (secondary N) is 1. The van der Waals surface area contributed by atoms with Gasteiger partial charge in [-0.05, 0) is 18.4 Å². The van der Waals surface area contributed by atoms with Crippen molar-refractivity contribution in [1.29, 1.82) is 0 Å². The van der Waals surface area contributed by atoms with E-state index < -0.39 is 0 Å². The van der Waals surface area contributed by atoms with Crippen molar-refractivity contribution in [1.82, 2.24) is 9.97 Å². The maximum atomic E-state index is 11.6. The van der Waals surface area contributed by atoms with Gasteiger partial charge in [-0.3, -0.25) is 4.98 Å². The van der Waals surface area contributed by atoms with Crippen molar-refractivity contribution in [3.8, 4) is 11.4 Å². The highest BCUT2D eigenvalue weighted by Crippen LogP contribution is 2.30. The quantitative estimate of drug-likeness (QED) is 0.701. The number of fused-ring (bicyclic) bond motifs is 3. The summed E-state index contributed by atoms with van der Waals surface area (Å²) in [4.78, 5) is 19.0. The molecule has 18 heavy (non-hydrogen) atoms. The van der Waals surface area contributed by atoms with Crippen LogP contribution in [0.15, 0.2) is 36.5 Å². The molecule has 0 saturated carbocycles. The third kappa shape index (κ3) is 1.62. The van der Waals surface area contributed by atoms with Gasteiger partial charge in [0.25, 0.3) is 0 Å². The first-order chi connectivity index (χ1) is 8.79. The predicted molar refractivity (Wildman–Crippen MR) is 68.7 cm³/mol. The van der Waals surface area contributed by atoms with Crippen molar-refractivity contribution in [2.24, 2.45) is 0 Å². The van der Waals surface area contributed by atoms with Crippen LogP contribution in [-0.4, -0.2) is 22.5 Å². The van der Waals surface area contributed by atoms with Crippen molar-refractivity contribution < 1.29 is 9.53 Å². The summed E-state index contributed by atoms with van der Waals surface area (Å²) in [6.45, 7) is 2.13. The molecule has 3 rings (SSSR count). The van der Waals surface area contributed by atoms with E-state index in [1.807, 2.05) is 30.3 Å². The highest BCUT2D eigenvalue weighted by molar-refractivity contribution is 6.00. The molecule has 1 aromatic carbocycles. The first kappa shape index (κ1) is 10.8. The van der Waals surface area contributed by atoms with E-state index in [0.717, 1.165) is 22.2 Å². The Bertz CT molecular complexity index is 687. The lowest BCUT2D eigenvalue weighted by molar-refractivity contribution is 0.0519. The summed E-state index contributed by atoms with van der Waals surface area (Å²) in [6, 6.07) is 9.98. The van der Waals surface area contributed by atoms with Gasteiger partial charge in [0.1, 0.15) is 5.69 Å². The molecule has 0 fully saturated rings. The number of esters is 1. The smallest absolute Gasteiger partial charge is 0.356 e. The molecule has 0 saturated heterocycles. The van der Waals surface area contributed by atoms with Gasteiger partial charge in [0.2, 0.25) is 0 Å². The fourth-order valence-corrected chi connectivity index (χ4v) is 2.06. The second kappa shape index (κ2) is 4.14. The average Bonchev–Trinajstić information content (AvgIpc) is 2.76. The van der Waals surface area contributed by atoms with Crippen LogP contribution in [0.4, 0.5) is 0 Å². The molecular weight excluding hydrogens is 228 g/mol. The molecule has 90 valence electrons. The normalized spacial score (nSPS) is 10.9. The number of carbonyl (C=O) groups excluding carboxylic acids is 1. The van der Waals surface area contributed by atoms with E-state index in [9.17, 15) is 4.79 Å². The van der Waals surface area contributed by atoms with Gasteiger partial charge < -0.3 is 9.72 Å². The Morgan fingerprint density at radius 1 is 1.39 bits per heavy atom. The lowest BCUT2D eigenvalue weighted by Gasteiger charge is -2.04. The average molecular weight is 240 g/mol. The Labute approximate surface area is 104 Å². The van der Waals surface area contributed by atoms with Crippen LogP contribution in [0.3, 0.4) is 0 Å². The van der Waals surface area contributed by atoms with Crippen LogP contribution in [0.2, 0.25) is 0 Å². The van der Waals surface area contributed by atoms with E-state index in [2.05, 4.69) is 9.97 Å². The van der Waals surface area contributed by atoms with Crippen molar-refractivity contribution in [2.75, 3.05) is 6.61 Å². The van der Waals surface area contributed by atoms with E-state index in [-0.39, 0.29) is 5.97 Å². The van der Waals surface area contributed by atoms with Gasteiger partial charge in [0.15, 0.2) is 0 Å². The van der Waals surface area contributed by atoms with Crippen LogP contribution in [0, 0.1) is 0 Å². The monoisotopic (exact) mass is 240 g/mol. The largest absolute Gasteiger partial charge is 0.461 e. The fourth-order valence-electron chi connectivity index (χ4n) is 2.06. The third-order valence-corrected chi connectivity index (χ3v) is 2.86. The summed E-state index contributed by atoms with van der Waals surface area (Å²) in [5, 5.41) is 2.19. The molecule has 1 heterocycles. The van der Waals surface area contributed by atoms with Gasteiger partial charge in [-0.25, -0.2) is 4.79 Å². The number of carbonyl (C=O) groups is 1. The molecule has 0 radical (unpaired) electrons. The van der Waals surface area contributed by atoms with Gasteiger partial charge >= 0.3 is 5.97 Å². The molecule has 0 aromatic heterocycles. The van der Waals surface area contributed by atoms with Gasteiger partial charge in [0, 0.05) is 5.39 Å². The van der Waals surface area contributed by atoms with Crippen LogP contribution in [-0.2, 0) is 4.74 Å². The Balaban J connectivity index is 2.15. The summed E-state index contributed by atoms with van der Waals surface area (Å²) in [6.07, 6.45) is 1.52. The molecule has 1 aliphatic carbocycles. The number of hydrogen-bond donors (Lipinski definition) is 1. The zero-order chi connectivity index (χ0) is 12.5. The van der Waals surface area contributed by atoms with Gasteiger partial charge in [-0.2, -0.15) is 0 Å². The summed E-state index contributed by atoms with van der Waals surface area (Å²) < 4.78 is 4.94. The molecule has 4 heteroatoms. The minimum atomic E-state index is -0.378. The zero-order valence-electron chi connectivity index (χ0n) is 9.93. The number of H-pyrrole nitrogens is 1. The van der Waals surface area contributed by atoms with E-state index in [1.165, 1.54) is 6.20 Å². The number of rotatable bonds is 2. The SMILES string of the molecule is CCOC(=O)c1cnc2c3ccccc3cc-2[nH]1. The van der Waals surface area contributed by atoms with Crippen molar-refractivity contribution >= 4 is 16.7 Å². The van der Waals surface area contributed by atoms with Crippen molar-refractivity contribution in [3.63, 3.8) is 0 Å². The molecule has 0 amide bonds. The Morgan fingerprint density at radius 3 is 3.06 bits per heavy atom. The summed E-state index contributed by atoms with van der Waals surface area (Å²) in [5.74, 6) is -0.378. The molecule has 4 nitrogen and oxygen atoms in total. The lowest BCUT2D eigenvalue weighted by atomic mass is 10.2. The molecule has 0 atom stereocenters. The van der Waals surface area contributed by atoms with Gasteiger partial charge in [-0.15, -0.1) is 0 Å². The number of nitrogens with zero attached hydrogens (tertiary/aromatic N) is 1. The van der Waals surface area contributed by atoms with Gasteiger partial charge in [0.05, 0.1) is 24.2 Å². The third-order valence-electron chi connectivity index (χ3n) is 2.86. The van der Waals surface area contributed by atoms with Crippen LogP contribution in [0.25, 0.3) is 22.2 Å². The second-order valence-corrected chi connectivity index (χ2v) is 4.01. The molecule has 1 aromatic rings. The second-order valence-electron chi connectivity index (χ2n) is 4.01. The standard InChI is InChI=1S/C14H12N2O2/c1-2-18-14(17)12-8-15-13-10-6-4-3-5-9(10)7-11(13)16-12/h3-8,16H,2H2,1H3. The zero-order valence-corrected chi connectivity index (χ0v) is 9.93. The number of hydrogen-bond acceptors (Lipinski definition) is 3. The Kier molecular flexibility index (Phi) is 2.48. The van der Waals surface area contributed by atoms with E-state index in [4.69, 9.17) is 4.74 Å². The van der Waals surface area contributed by atoms with Crippen LogP contribution < -0.4 is 0 Å². The predicted octanol–water partition coefficient (Wildman–Crippen LogP) is 2.84. The molecule has 1 N–H and O–H groups in total. The summed E-state index contributed by atoms with van der Waals surface area (Å²) in [7, 11) is 0. The maximum Gasteiger partial charge on any atom is 0.356 e. The van der Waals surface area contributed by atoms with E-state index in [1.54, 1.807) is 6.92 Å². The van der Waals surface area contributed by atoms with Crippen molar-refractivity contribution in [3.05, 3.63) is 42.2 Å². The van der Waals surface area contributed by atoms with Crippen molar-refractivity contribution in [2.45, 2.75) is 6.92 Å². The van der Waals surface area contributed by atoms with E-state index >= 15 is 0 Å². The van der Waals surface area contributed by atoms with Crippen LogP contribution in [0.1, 0.15) is 17.4 Å². The molecular formula is C14H12N2O2. The summed E-state index contributed by atoms with van der Waals surface area (Å²) >= 11 is 0. The van der Waals surface area contributed by atoms with Crippen LogP contribution in [0.5, 0.6) is 0 Å². The van der Waals surface area contributed by atoms with E-state index in [0.29, 0.717) is 12.3 Å². The molecule has 0 spiro atoms. The lowest BCUT2D eigenvalue weighted by Crippen LogP contribution is -2.08. The minimum Gasteiger partial charge on any atom is -0.461 e. The Morgan fingerprint density at radius 2 is 2.22 bits per heavy atom. The molecule has 1 aliphatic heterocycles. The van der Waals surface area contributed by atoms with Crippen LogP contribution >= 0.6 is 0 Å². The first-order valence-electron chi connectivity index (χ1n) is 5.83. The highest BCUT2D eigenvalue weighted by Gasteiger charge is 2.15. The molecule has 0 bridgehead atoms. The Hall–Kier alpha value is -2.36. The first-order valence-corrected chi connectivity index (χ1v) is 5.83. The van der Waals surface area contributed by atoms with Gasteiger partial charge in [-0.1, -0.05) is 24.3 Å². The number of ether oxygens (including phenoxy) is 1. The highest BCUT2D eigenvalue weighted by atomic mass is 16.5. The number of aromatic nitrogens is 2. The number of benzene rings is 1. The molecule has 0 unspecified atom stereocenters. The maximum absolute atomic E-state index is 11.6. The fraction of sp³-hybridized carbons (Fsp3) is 0.143. The topological polar surface area (TPSA) is 55.0 Å². The molecule has 2 aliphatic rings. The number of aromatic amines is 1. The summed E-state index contributed by atoms with van der Waals surface area (Å²) in [5.41, 5.74) is 2.10. The minimum absolute atomic E-state index is 0.355.